The van der Waals surface area contributed by atoms with Crippen molar-refractivity contribution in [1.82, 2.24) is 5.32 Å². The maximum atomic E-state index is 13.3. The summed E-state index contributed by atoms with van der Waals surface area (Å²) in [5, 5.41) is 18.3. The summed E-state index contributed by atoms with van der Waals surface area (Å²) in [6, 6.07) is 20.8. The predicted molar refractivity (Wildman–Crippen MR) is 180 cm³/mol. The van der Waals surface area contributed by atoms with Crippen molar-refractivity contribution >= 4 is 91.3 Å². The number of halogens is 4. The molecule has 0 aliphatic rings. The first-order valence-electron chi connectivity index (χ1n) is 12.3. The molecule has 0 aliphatic heterocycles. The van der Waals surface area contributed by atoms with Crippen molar-refractivity contribution in [3.63, 3.8) is 0 Å². The lowest BCUT2D eigenvalue weighted by Crippen LogP contribution is -2.27. The Morgan fingerprint density at radius 1 is 0.805 bits per heavy atom. The molecule has 4 aromatic carbocycles. The van der Waals surface area contributed by atoms with Crippen LogP contribution in [0, 0.1) is 26.8 Å². The van der Waals surface area contributed by atoms with Crippen molar-refractivity contribution in [2.24, 2.45) is 5.73 Å². The smallest absolute Gasteiger partial charge is 0.253 e. The van der Waals surface area contributed by atoms with E-state index in [1.165, 1.54) is 18.2 Å². The van der Waals surface area contributed by atoms with Gasteiger partial charge in [-0.2, -0.15) is 0 Å². The van der Waals surface area contributed by atoms with Crippen molar-refractivity contribution < 1.29 is 19.1 Å². The summed E-state index contributed by atoms with van der Waals surface area (Å²) in [7, 11) is 0. The third kappa shape index (κ3) is 9.55. The molecule has 7 nitrogen and oxygen atoms in total. The molecule has 0 fully saturated rings. The van der Waals surface area contributed by atoms with Crippen LogP contribution in [0.2, 0.25) is 5.02 Å². The molecule has 0 atom stereocenters. The van der Waals surface area contributed by atoms with E-state index >= 15 is 0 Å². The van der Waals surface area contributed by atoms with Gasteiger partial charge in [0.05, 0.1) is 29.1 Å². The van der Waals surface area contributed by atoms with Crippen molar-refractivity contribution in [1.29, 1.82) is 0 Å². The Morgan fingerprint density at radius 3 is 1.90 bits per heavy atom. The summed E-state index contributed by atoms with van der Waals surface area (Å²) in [5.74, 6) is -1.29. The predicted octanol–water partition coefficient (Wildman–Crippen LogP) is 7.30. The monoisotopic (exact) mass is 800 g/mol. The standard InChI is InChI=1S/C16H16ClIN2O2.C14H12FIN2O/c1-10-8-12(18)3-5-14(10)20-15-4-2-11(17)9-13(15)16(22)19-6-7-21;1-8-6-10(16)3-5-12(8)18-13-7-9(15)2-4-11(13)14(17)19/h2-5,8-9,20-21H,6-7H2,1H3,(H,19,22);2-7,18H,1H3,(H2,17,19). The molecule has 4 aromatic rings. The molecular formula is C30H28ClFI2N4O3. The summed E-state index contributed by atoms with van der Waals surface area (Å²) < 4.78 is 15.5. The fourth-order valence-electron chi connectivity index (χ4n) is 3.74. The summed E-state index contributed by atoms with van der Waals surface area (Å²) in [4.78, 5) is 23.5. The molecule has 2 amide bonds. The van der Waals surface area contributed by atoms with Crippen molar-refractivity contribution in [3.05, 3.63) is 113 Å². The Morgan fingerprint density at radius 2 is 1.37 bits per heavy atom. The van der Waals surface area contributed by atoms with Gasteiger partial charge in [-0.3, -0.25) is 9.59 Å². The molecule has 0 saturated heterocycles. The number of benzene rings is 4. The van der Waals surface area contributed by atoms with Gasteiger partial charge in [-0.05, 0) is 143 Å². The first-order valence-corrected chi connectivity index (χ1v) is 14.9. The van der Waals surface area contributed by atoms with E-state index in [1.807, 2.05) is 44.2 Å². The number of nitrogens with two attached hydrogens (primary N) is 1. The number of hydrogen-bond donors (Lipinski definition) is 5. The fourth-order valence-corrected chi connectivity index (χ4v) is 5.20. The van der Waals surface area contributed by atoms with Crippen LogP contribution in [0.4, 0.5) is 27.1 Å². The molecule has 0 spiro atoms. The van der Waals surface area contributed by atoms with E-state index in [9.17, 15) is 14.0 Å². The first kappa shape index (κ1) is 32.6. The SMILES string of the molecule is Cc1cc(I)ccc1Nc1cc(F)ccc1C(N)=O.Cc1cc(I)ccc1Nc1ccc(Cl)cc1C(=O)NCCO. The van der Waals surface area contributed by atoms with Crippen molar-refractivity contribution in [2.75, 3.05) is 23.8 Å². The maximum absolute atomic E-state index is 13.3. The number of nitrogens with one attached hydrogen (secondary N) is 3. The molecular weight excluding hydrogens is 773 g/mol. The van der Waals surface area contributed by atoms with E-state index in [2.05, 4.69) is 67.2 Å². The third-order valence-corrected chi connectivity index (χ3v) is 7.36. The van der Waals surface area contributed by atoms with Gasteiger partial charge in [-0.25, -0.2) is 4.39 Å². The summed E-state index contributed by atoms with van der Waals surface area (Å²) in [6.07, 6.45) is 0. The molecule has 4 rings (SSSR count). The lowest BCUT2D eigenvalue weighted by molar-refractivity contribution is 0.0944. The number of rotatable bonds is 8. The molecule has 214 valence electrons. The average molecular weight is 801 g/mol. The van der Waals surface area contributed by atoms with Crippen LogP contribution in [0.1, 0.15) is 31.8 Å². The van der Waals surface area contributed by atoms with E-state index in [0.717, 1.165) is 29.6 Å². The lowest BCUT2D eigenvalue weighted by Gasteiger charge is -2.14. The summed E-state index contributed by atoms with van der Waals surface area (Å²) in [6.45, 7) is 4.04. The number of aliphatic hydroxyl groups excluding tert-OH is 1. The van der Waals surface area contributed by atoms with E-state index in [-0.39, 0.29) is 24.6 Å². The molecule has 0 aliphatic carbocycles. The highest BCUT2D eigenvalue weighted by atomic mass is 127. The van der Waals surface area contributed by atoms with Crippen LogP contribution in [0.15, 0.2) is 72.8 Å². The first-order chi connectivity index (χ1) is 19.5. The van der Waals surface area contributed by atoms with Gasteiger partial charge in [-0.15, -0.1) is 0 Å². The fraction of sp³-hybridized carbons (Fsp3) is 0.133. The van der Waals surface area contributed by atoms with Gasteiger partial charge < -0.3 is 26.8 Å². The van der Waals surface area contributed by atoms with Crippen molar-refractivity contribution in [2.45, 2.75) is 13.8 Å². The highest BCUT2D eigenvalue weighted by Crippen LogP contribution is 2.28. The number of carbonyl (C=O) groups is 2. The zero-order valence-corrected chi connectivity index (χ0v) is 27.3. The Hall–Kier alpha value is -2.94. The highest BCUT2D eigenvalue weighted by molar-refractivity contribution is 14.1. The van der Waals surface area contributed by atoms with E-state index < -0.39 is 11.7 Å². The van der Waals surface area contributed by atoms with Crippen molar-refractivity contribution in [3.8, 4) is 0 Å². The Bertz CT molecular complexity index is 1570. The number of aryl methyl sites for hydroxylation is 2. The van der Waals surface area contributed by atoms with Gasteiger partial charge in [0.2, 0.25) is 0 Å². The minimum Gasteiger partial charge on any atom is -0.395 e. The number of primary amides is 1. The molecule has 0 heterocycles. The van der Waals surface area contributed by atoms with Crippen LogP contribution in [-0.2, 0) is 0 Å². The largest absolute Gasteiger partial charge is 0.395 e. The third-order valence-electron chi connectivity index (χ3n) is 5.79. The Balaban J connectivity index is 0.000000228. The number of anilines is 4. The van der Waals surface area contributed by atoms with Gasteiger partial charge >= 0.3 is 0 Å². The summed E-state index contributed by atoms with van der Waals surface area (Å²) >= 11 is 10.5. The molecule has 0 aromatic heterocycles. The topological polar surface area (TPSA) is 116 Å². The quantitative estimate of drug-likeness (QED) is 0.120. The van der Waals surface area contributed by atoms with Gasteiger partial charge in [-0.1, -0.05) is 11.6 Å². The number of amides is 2. The zero-order chi connectivity index (χ0) is 30.1. The van der Waals surface area contributed by atoms with Crippen LogP contribution in [0.5, 0.6) is 0 Å². The lowest BCUT2D eigenvalue weighted by atomic mass is 10.1. The average Bonchev–Trinajstić information content (AvgIpc) is 2.91. The van der Waals surface area contributed by atoms with Gasteiger partial charge in [0.25, 0.3) is 11.8 Å². The second-order valence-electron chi connectivity index (χ2n) is 8.89. The molecule has 0 saturated carbocycles. The van der Waals surface area contributed by atoms with Gasteiger partial charge in [0.1, 0.15) is 5.82 Å². The Kier molecular flexibility index (Phi) is 12.2. The number of carbonyl (C=O) groups excluding carboxylic acids is 2. The molecule has 0 radical (unpaired) electrons. The van der Waals surface area contributed by atoms with Crippen LogP contribution >= 0.6 is 56.8 Å². The number of hydrogen-bond acceptors (Lipinski definition) is 5. The maximum Gasteiger partial charge on any atom is 0.253 e. The zero-order valence-electron chi connectivity index (χ0n) is 22.2. The van der Waals surface area contributed by atoms with E-state index in [0.29, 0.717) is 22.0 Å². The van der Waals surface area contributed by atoms with Crippen LogP contribution in [-0.4, -0.2) is 30.1 Å². The second kappa shape index (κ2) is 15.3. The highest BCUT2D eigenvalue weighted by Gasteiger charge is 2.13. The summed E-state index contributed by atoms with van der Waals surface area (Å²) in [5.41, 5.74) is 10.9. The molecule has 41 heavy (non-hydrogen) atoms. The Labute approximate surface area is 270 Å². The second-order valence-corrected chi connectivity index (χ2v) is 11.8. The molecule has 0 bridgehead atoms. The normalized spacial score (nSPS) is 10.3. The molecule has 6 N–H and O–H groups in total. The molecule has 11 heteroatoms. The van der Waals surface area contributed by atoms with Crippen LogP contribution < -0.4 is 21.7 Å². The minimum atomic E-state index is -0.592. The van der Waals surface area contributed by atoms with Gasteiger partial charge in [0, 0.05) is 30.1 Å². The minimum absolute atomic E-state index is 0.106. The number of aliphatic hydroxyl groups is 1. The van der Waals surface area contributed by atoms with E-state index in [1.54, 1.807) is 18.2 Å². The van der Waals surface area contributed by atoms with Crippen LogP contribution in [0.25, 0.3) is 0 Å². The van der Waals surface area contributed by atoms with Gasteiger partial charge in [0.15, 0.2) is 0 Å². The molecule has 0 unspecified atom stereocenters. The van der Waals surface area contributed by atoms with E-state index in [4.69, 9.17) is 22.4 Å². The van der Waals surface area contributed by atoms with Crippen LogP contribution in [0.3, 0.4) is 0 Å².